The first-order valence-corrected chi connectivity index (χ1v) is 13.7. The van der Waals surface area contributed by atoms with Crippen molar-refractivity contribution in [1.82, 2.24) is 10.2 Å². The Hall–Kier alpha value is -4.88. The van der Waals surface area contributed by atoms with Crippen molar-refractivity contribution in [2.45, 2.75) is 38.4 Å². The number of benzene rings is 3. The molecule has 1 aliphatic heterocycles. The minimum Gasteiger partial charge on any atom is -0.493 e. The van der Waals surface area contributed by atoms with Crippen LogP contribution in [0.3, 0.4) is 0 Å². The Balaban J connectivity index is 1.90. The second-order valence-corrected chi connectivity index (χ2v) is 10.1. The second-order valence-electron chi connectivity index (χ2n) is 10.1. The SMILES string of the molecule is COC(=O)C1=C(C)N(Cc2cccc(C(F)(F)F)c2)C(=NCc2cc(OC)c(OC)c(OC)c2)NC1c1ccccc1C(F)(F)F. The van der Waals surface area contributed by atoms with E-state index in [1.54, 1.807) is 12.1 Å². The van der Waals surface area contributed by atoms with E-state index in [-0.39, 0.29) is 41.4 Å². The summed E-state index contributed by atoms with van der Waals surface area (Å²) in [5, 5.41) is 2.95. The number of esters is 1. The molecule has 0 amide bonds. The smallest absolute Gasteiger partial charge is 0.416 e. The van der Waals surface area contributed by atoms with Gasteiger partial charge in [0.25, 0.3) is 0 Å². The molecule has 0 spiro atoms. The normalized spacial score (nSPS) is 16.3. The Morgan fingerprint density at radius 1 is 0.848 bits per heavy atom. The van der Waals surface area contributed by atoms with Crippen molar-refractivity contribution < 1.29 is 50.1 Å². The predicted molar refractivity (Wildman–Crippen MR) is 156 cm³/mol. The molecule has 0 aliphatic carbocycles. The van der Waals surface area contributed by atoms with Gasteiger partial charge in [-0.1, -0.05) is 30.3 Å². The lowest BCUT2D eigenvalue weighted by molar-refractivity contribution is -0.140. The van der Waals surface area contributed by atoms with Crippen LogP contribution in [0.2, 0.25) is 0 Å². The van der Waals surface area contributed by atoms with Gasteiger partial charge in [-0.05, 0) is 53.9 Å². The van der Waals surface area contributed by atoms with E-state index < -0.39 is 35.5 Å². The lowest BCUT2D eigenvalue weighted by Gasteiger charge is -2.38. The van der Waals surface area contributed by atoms with E-state index in [4.69, 9.17) is 18.9 Å². The maximum atomic E-state index is 14.2. The first-order chi connectivity index (χ1) is 21.7. The highest BCUT2D eigenvalue weighted by Gasteiger charge is 2.41. The van der Waals surface area contributed by atoms with Crippen molar-refractivity contribution >= 4 is 11.9 Å². The molecule has 8 nitrogen and oxygen atoms in total. The fourth-order valence-electron chi connectivity index (χ4n) is 5.15. The molecule has 14 heteroatoms. The van der Waals surface area contributed by atoms with Crippen LogP contribution in [0.1, 0.15) is 40.8 Å². The Morgan fingerprint density at radius 3 is 2.07 bits per heavy atom. The number of nitrogens with one attached hydrogen (secondary N) is 1. The molecule has 0 fully saturated rings. The number of carbonyl (C=O) groups is 1. The van der Waals surface area contributed by atoms with E-state index in [1.807, 2.05) is 0 Å². The summed E-state index contributed by atoms with van der Waals surface area (Å²) < 4.78 is 104. The molecule has 1 heterocycles. The molecule has 0 aromatic heterocycles. The van der Waals surface area contributed by atoms with Crippen molar-refractivity contribution in [3.8, 4) is 17.2 Å². The fraction of sp³-hybridized carbons (Fsp3) is 0.312. The third-order valence-corrected chi connectivity index (χ3v) is 7.33. The topological polar surface area (TPSA) is 81.6 Å². The van der Waals surface area contributed by atoms with Crippen LogP contribution in [0.25, 0.3) is 0 Å². The van der Waals surface area contributed by atoms with Crippen LogP contribution in [0.4, 0.5) is 26.3 Å². The monoisotopic (exact) mass is 651 g/mol. The van der Waals surface area contributed by atoms with Gasteiger partial charge in [0.05, 0.1) is 64.3 Å². The van der Waals surface area contributed by atoms with E-state index in [2.05, 4.69) is 10.3 Å². The van der Waals surface area contributed by atoms with E-state index >= 15 is 0 Å². The number of aliphatic imine (C=N–C) groups is 1. The van der Waals surface area contributed by atoms with Crippen molar-refractivity contribution in [3.05, 3.63) is 99.8 Å². The first-order valence-electron chi connectivity index (χ1n) is 13.7. The van der Waals surface area contributed by atoms with Crippen LogP contribution in [0, 0.1) is 0 Å². The van der Waals surface area contributed by atoms with E-state index in [0.29, 0.717) is 22.8 Å². The number of ether oxygens (including phenoxy) is 4. The molecule has 1 aliphatic rings. The predicted octanol–water partition coefficient (Wildman–Crippen LogP) is 6.90. The number of allylic oxidation sites excluding steroid dienone is 1. The van der Waals surface area contributed by atoms with Crippen LogP contribution < -0.4 is 19.5 Å². The lowest BCUT2D eigenvalue weighted by Crippen LogP contribution is -2.49. The van der Waals surface area contributed by atoms with Gasteiger partial charge in [0.1, 0.15) is 0 Å². The number of methoxy groups -OCH3 is 4. The lowest BCUT2D eigenvalue weighted by atomic mass is 9.91. The van der Waals surface area contributed by atoms with Crippen molar-refractivity contribution in [2.75, 3.05) is 28.4 Å². The van der Waals surface area contributed by atoms with E-state index in [9.17, 15) is 31.1 Å². The molecule has 3 aromatic rings. The molecule has 1 N–H and O–H groups in total. The largest absolute Gasteiger partial charge is 0.493 e. The first kappa shape index (κ1) is 34.0. The number of halogens is 6. The zero-order chi connectivity index (χ0) is 33.8. The Bertz CT molecular complexity index is 1630. The number of alkyl halides is 6. The number of hydrogen-bond donors (Lipinski definition) is 1. The maximum absolute atomic E-state index is 14.2. The molecule has 1 atom stereocenters. The molecule has 1 unspecified atom stereocenters. The van der Waals surface area contributed by atoms with Gasteiger partial charge in [-0.3, -0.25) is 0 Å². The van der Waals surface area contributed by atoms with Gasteiger partial charge in [0.15, 0.2) is 17.5 Å². The number of rotatable bonds is 9. The molecule has 0 saturated carbocycles. The van der Waals surface area contributed by atoms with Crippen molar-refractivity contribution in [1.29, 1.82) is 0 Å². The van der Waals surface area contributed by atoms with Gasteiger partial charge in [0, 0.05) is 5.70 Å². The van der Waals surface area contributed by atoms with Gasteiger partial charge in [-0.2, -0.15) is 26.3 Å². The van der Waals surface area contributed by atoms with Gasteiger partial charge in [-0.15, -0.1) is 0 Å². The summed E-state index contributed by atoms with van der Waals surface area (Å²) >= 11 is 0. The number of hydrogen-bond acceptors (Lipinski definition) is 6. The van der Waals surface area contributed by atoms with Gasteiger partial charge in [-0.25, -0.2) is 9.79 Å². The zero-order valence-electron chi connectivity index (χ0n) is 25.5. The second kappa shape index (κ2) is 13.6. The quantitative estimate of drug-likeness (QED) is 0.199. The molecule has 246 valence electrons. The molecule has 0 saturated heterocycles. The molecule has 0 bridgehead atoms. The van der Waals surface area contributed by atoms with Crippen LogP contribution in [0.15, 0.2) is 76.9 Å². The molecule has 46 heavy (non-hydrogen) atoms. The average Bonchev–Trinajstić information content (AvgIpc) is 3.03. The van der Waals surface area contributed by atoms with Crippen LogP contribution in [0.5, 0.6) is 17.2 Å². The summed E-state index contributed by atoms with van der Waals surface area (Å²) in [7, 11) is 5.38. The van der Waals surface area contributed by atoms with Gasteiger partial charge < -0.3 is 29.2 Å². The third-order valence-electron chi connectivity index (χ3n) is 7.33. The number of carbonyl (C=O) groups excluding carboxylic acids is 1. The highest BCUT2D eigenvalue weighted by Crippen LogP contribution is 2.41. The van der Waals surface area contributed by atoms with Crippen molar-refractivity contribution in [2.24, 2.45) is 4.99 Å². The van der Waals surface area contributed by atoms with Gasteiger partial charge in [0.2, 0.25) is 5.75 Å². The third kappa shape index (κ3) is 7.16. The summed E-state index contributed by atoms with van der Waals surface area (Å²) in [5.41, 5.74) is -1.43. The van der Waals surface area contributed by atoms with Crippen LogP contribution in [-0.2, 0) is 35.0 Å². The number of nitrogens with zero attached hydrogens (tertiary/aromatic N) is 2. The molecular weight excluding hydrogens is 620 g/mol. The summed E-state index contributed by atoms with van der Waals surface area (Å²) in [4.78, 5) is 19.2. The number of guanidine groups is 1. The van der Waals surface area contributed by atoms with Crippen LogP contribution in [-0.4, -0.2) is 45.3 Å². The summed E-state index contributed by atoms with van der Waals surface area (Å²) in [6, 6.07) is 11.2. The Kier molecular flexibility index (Phi) is 10.1. The Labute approximate surface area is 261 Å². The standard InChI is InChI=1S/C32H31F6N3O5/c1-18-26(29(42)46-5)27(22-11-6-7-12-23(22)32(36,37)38)40-30(41(18)17-19-9-8-10-21(13-19)31(33,34)35)39-16-20-14-24(43-2)28(45-4)25(15-20)44-3/h6-15,27H,16-17H2,1-5H3,(H,39,40). The molecule has 3 aromatic carbocycles. The van der Waals surface area contributed by atoms with E-state index in [0.717, 1.165) is 25.3 Å². The average molecular weight is 652 g/mol. The van der Waals surface area contributed by atoms with Crippen molar-refractivity contribution in [3.63, 3.8) is 0 Å². The highest BCUT2D eigenvalue weighted by molar-refractivity contribution is 5.96. The minimum atomic E-state index is -4.77. The molecule has 4 rings (SSSR count). The maximum Gasteiger partial charge on any atom is 0.416 e. The Morgan fingerprint density at radius 2 is 1.50 bits per heavy atom. The summed E-state index contributed by atoms with van der Waals surface area (Å²) in [6.45, 7) is 1.18. The zero-order valence-corrected chi connectivity index (χ0v) is 25.5. The van der Waals surface area contributed by atoms with E-state index in [1.165, 1.54) is 63.5 Å². The highest BCUT2D eigenvalue weighted by atomic mass is 19.4. The fourth-order valence-corrected chi connectivity index (χ4v) is 5.15. The minimum absolute atomic E-state index is 0.00158. The molecular formula is C32H31F6N3O5. The molecule has 0 radical (unpaired) electrons. The van der Waals surface area contributed by atoms with Crippen LogP contribution >= 0.6 is 0 Å². The summed E-state index contributed by atoms with van der Waals surface area (Å²) in [6.07, 6.45) is -9.38. The summed E-state index contributed by atoms with van der Waals surface area (Å²) in [5.74, 6) is 0.0581. The van der Waals surface area contributed by atoms with Gasteiger partial charge >= 0.3 is 18.3 Å².